The fourth-order valence-corrected chi connectivity index (χ4v) is 3.53. The summed E-state index contributed by atoms with van der Waals surface area (Å²) < 4.78 is 0. The van der Waals surface area contributed by atoms with E-state index in [0.717, 1.165) is 18.9 Å². The highest BCUT2D eigenvalue weighted by molar-refractivity contribution is 5.85. The number of amides is 1. The van der Waals surface area contributed by atoms with Crippen LogP contribution in [0.5, 0.6) is 0 Å². The molecule has 3 nitrogen and oxygen atoms in total. The smallest absolute Gasteiger partial charge is 0.221 e. The lowest BCUT2D eigenvalue weighted by atomic mass is 9.83. The zero-order valence-corrected chi connectivity index (χ0v) is 13.6. The minimum atomic E-state index is 0. The van der Waals surface area contributed by atoms with E-state index in [2.05, 4.69) is 17.6 Å². The van der Waals surface area contributed by atoms with E-state index in [1.807, 2.05) is 0 Å². The molecule has 4 heteroatoms. The monoisotopic (exact) mass is 302 g/mol. The van der Waals surface area contributed by atoms with Gasteiger partial charge in [0.05, 0.1) is 0 Å². The van der Waals surface area contributed by atoms with Crippen LogP contribution in [-0.4, -0.2) is 24.5 Å². The predicted octanol–water partition coefficient (Wildman–Crippen LogP) is 3.42. The summed E-state index contributed by atoms with van der Waals surface area (Å²) in [5.41, 5.74) is 0. The average molecular weight is 303 g/mol. The van der Waals surface area contributed by atoms with E-state index in [4.69, 9.17) is 0 Å². The first-order chi connectivity index (χ1) is 9.28. The van der Waals surface area contributed by atoms with Crippen molar-refractivity contribution in [3.8, 4) is 0 Å². The van der Waals surface area contributed by atoms with Gasteiger partial charge in [-0.1, -0.05) is 26.2 Å². The summed E-state index contributed by atoms with van der Waals surface area (Å²) in [6.07, 6.45) is 12.1. The van der Waals surface area contributed by atoms with E-state index in [1.54, 1.807) is 0 Å². The van der Waals surface area contributed by atoms with Crippen molar-refractivity contribution in [1.29, 1.82) is 0 Å². The lowest BCUT2D eigenvalue weighted by molar-refractivity contribution is -0.122. The van der Waals surface area contributed by atoms with Crippen LogP contribution in [0.1, 0.15) is 71.1 Å². The molecule has 1 heterocycles. The Morgan fingerprint density at radius 3 is 2.55 bits per heavy atom. The topological polar surface area (TPSA) is 41.1 Å². The highest BCUT2D eigenvalue weighted by atomic mass is 35.5. The Hall–Kier alpha value is -0.280. The summed E-state index contributed by atoms with van der Waals surface area (Å²) >= 11 is 0. The molecule has 1 atom stereocenters. The lowest BCUT2D eigenvalue weighted by Crippen LogP contribution is -2.40. The van der Waals surface area contributed by atoms with Crippen molar-refractivity contribution >= 4 is 18.3 Å². The molecule has 0 aromatic heterocycles. The molecule has 2 fully saturated rings. The summed E-state index contributed by atoms with van der Waals surface area (Å²) in [6, 6.07) is 0.882. The van der Waals surface area contributed by atoms with E-state index in [9.17, 15) is 4.79 Å². The summed E-state index contributed by atoms with van der Waals surface area (Å²) in [7, 11) is 0. The molecule has 2 aliphatic rings. The van der Waals surface area contributed by atoms with Crippen molar-refractivity contribution in [2.75, 3.05) is 6.54 Å². The second-order valence-corrected chi connectivity index (χ2v) is 6.42. The maximum Gasteiger partial charge on any atom is 0.221 e. The molecule has 20 heavy (non-hydrogen) atoms. The summed E-state index contributed by atoms with van der Waals surface area (Å²) in [6.45, 7) is 3.35. The number of carbonyl (C=O) groups excluding carboxylic acids is 1. The number of rotatable bonds is 6. The van der Waals surface area contributed by atoms with Gasteiger partial charge in [-0.2, -0.15) is 0 Å². The van der Waals surface area contributed by atoms with Gasteiger partial charge in [0.15, 0.2) is 0 Å². The van der Waals surface area contributed by atoms with Crippen LogP contribution in [0.25, 0.3) is 0 Å². The highest BCUT2D eigenvalue weighted by Gasteiger charge is 2.23. The van der Waals surface area contributed by atoms with Crippen molar-refractivity contribution < 1.29 is 4.79 Å². The molecule has 1 unspecified atom stereocenters. The molecular weight excluding hydrogens is 272 g/mol. The average Bonchev–Trinajstić information content (AvgIpc) is 2.90. The van der Waals surface area contributed by atoms with Gasteiger partial charge in [-0.15, -0.1) is 12.4 Å². The van der Waals surface area contributed by atoms with Crippen molar-refractivity contribution in [3.05, 3.63) is 0 Å². The Morgan fingerprint density at radius 2 is 1.95 bits per heavy atom. The summed E-state index contributed by atoms with van der Waals surface area (Å²) in [4.78, 5) is 12.0. The van der Waals surface area contributed by atoms with Crippen molar-refractivity contribution in [2.24, 2.45) is 5.92 Å². The predicted molar refractivity (Wildman–Crippen MR) is 86.3 cm³/mol. The van der Waals surface area contributed by atoms with Gasteiger partial charge in [0.1, 0.15) is 0 Å². The van der Waals surface area contributed by atoms with Crippen LogP contribution in [0.15, 0.2) is 0 Å². The molecule has 1 saturated carbocycles. The molecule has 1 amide bonds. The number of nitrogens with one attached hydrogen (secondary N) is 2. The summed E-state index contributed by atoms with van der Waals surface area (Å²) in [5.74, 6) is 1.18. The van der Waals surface area contributed by atoms with E-state index >= 15 is 0 Å². The van der Waals surface area contributed by atoms with Gasteiger partial charge in [0.25, 0.3) is 0 Å². The Bertz CT molecular complexity index is 272. The minimum absolute atomic E-state index is 0. The first kappa shape index (κ1) is 17.8. The standard InChI is InChI=1S/C16H30N2O.ClH/c1-2-3-5-13-7-9-14(10-8-13)18-16(19)12-15-6-4-11-17-15;/h13-15,17H,2-12H2,1H3,(H,18,19);1H. The molecular formula is C16H31ClN2O. The quantitative estimate of drug-likeness (QED) is 0.789. The van der Waals surface area contributed by atoms with E-state index in [0.29, 0.717) is 18.5 Å². The molecule has 118 valence electrons. The van der Waals surface area contributed by atoms with Gasteiger partial charge in [-0.25, -0.2) is 0 Å². The van der Waals surface area contributed by atoms with Gasteiger partial charge in [0, 0.05) is 18.5 Å². The van der Waals surface area contributed by atoms with Crippen LogP contribution in [-0.2, 0) is 4.79 Å². The molecule has 0 aromatic rings. The fraction of sp³-hybridized carbons (Fsp3) is 0.938. The molecule has 1 aliphatic carbocycles. The molecule has 1 saturated heterocycles. The van der Waals surface area contributed by atoms with Crippen LogP contribution in [0.3, 0.4) is 0 Å². The SMILES string of the molecule is CCCCC1CCC(NC(=O)CC2CCCN2)CC1.Cl. The Balaban J connectivity index is 0.00000200. The van der Waals surface area contributed by atoms with Crippen LogP contribution in [0.2, 0.25) is 0 Å². The van der Waals surface area contributed by atoms with E-state index in [-0.39, 0.29) is 18.3 Å². The second kappa shape index (κ2) is 9.62. The number of halogens is 1. The Morgan fingerprint density at radius 1 is 1.20 bits per heavy atom. The second-order valence-electron chi connectivity index (χ2n) is 6.42. The number of unbranched alkanes of at least 4 members (excludes halogenated alkanes) is 1. The van der Waals surface area contributed by atoms with E-state index in [1.165, 1.54) is 51.4 Å². The number of hydrogen-bond acceptors (Lipinski definition) is 2. The number of carbonyl (C=O) groups is 1. The fourth-order valence-electron chi connectivity index (χ4n) is 3.53. The third kappa shape index (κ3) is 6.01. The van der Waals surface area contributed by atoms with Gasteiger partial charge in [0.2, 0.25) is 5.91 Å². The molecule has 0 bridgehead atoms. The van der Waals surface area contributed by atoms with Crippen molar-refractivity contribution in [3.63, 3.8) is 0 Å². The molecule has 0 spiro atoms. The molecule has 0 aromatic carbocycles. The van der Waals surface area contributed by atoms with Gasteiger partial charge in [-0.3, -0.25) is 4.79 Å². The highest BCUT2D eigenvalue weighted by Crippen LogP contribution is 2.28. The van der Waals surface area contributed by atoms with Gasteiger partial charge < -0.3 is 10.6 Å². The molecule has 2 N–H and O–H groups in total. The third-order valence-electron chi connectivity index (χ3n) is 4.77. The summed E-state index contributed by atoms with van der Waals surface area (Å²) in [5, 5.41) is 6.64. The minimum Gasteiger partial charge on any atom is -0.353 e. The lowest BCUT2D eigenvalue weighted by Gasteiger charge is -2.29. The van der Waals surface area contributed by atoms with Crippen LogP contribution in [0, 0.1) is 5.92 Å². The zero-order chi connectivity index (χ0) is 13.5. The largest absolute Gasteiger partial charge is 0.353 e. The van der Waals surface area contributed by atoms with Gasteiger partial charge in [-0.05, 0) is 51.0 Å². The third-order valence-corrected chi connectivity index (χ3v) is 4.77. The molecule has 0 radical (unpaired) electrons. The Kier molecular flexibility index (Phi) is 8.55. The number of hydrogen-bond donors (Lipinski definition) is 2. The van der Waals surface area contributed by atoms with Crippen LogP contribution >= 0.6 is 12.4 Å². The molecule has 1 aliphatic heterocycles. The first-order valence-corrected chi connectivity index (χ1v) is 8.30. The first-order valence-electron chi connectivity index (χ1n) is 8.30. The zero-order valence-electron chi connectivity index (χ0n) is 12.8. The van der Waals surface area contributed by atoms with Gasteiger partial charge >= 0.3 is 0 Å². The van der Waals surface area contributed by atoms with Crippen molar-refractivity contribution in [1.82, 2.24) is 10.6 Å². The van der Waals surface area contributed by atoms with Crippen molar-refractivity contribution in [2.45, 2.75) is 83.2 Å². The molecule has 2 rings (SSSR count). The van der Waals surface area contributed by atoms with Crippen LogP contribution in [0.4, 0.5) is 0 Å². The maximum absolute atomic E-state index is 12.0. The Labute approximate surface area is 130 Å². The van der Waals surface area contributed by atoms with E-state index < -0.39 is 0 Å². The normalized spacial score (nSPS) is 29.8. The maximum atomic E-state index is 12.0. The van der Waals surface area contributed by atoms with Crippen LogP contribution < -0.4 is 10.6 Å².